The summed E-state index contributed by atoms with van der Waals surface area (Å²) in [6, 6.07) is 5.89. The van der Waals surface area contributed by atoms with Gasteiger partial charge in [-0.05, 0) is 37.8 Å². The van der Waals surface area contributed by atoms with E-state index in [2.05, 4.69) is 29.9 Å². The third-order valence-corrected chi connectivity index (χ3v) is 7.14. The number of ketones is 1. The minimum Gasteiger partial charge on any atom is -0.491 e. The fourth-order valence-electron chi connectivity index (χ4n) is 5.05. The Kier molecular flexibility index (Phi) is 5.49. The van der Waals surface area contributed by atoms with Crippen LogP contribution in [0.3, 0.4) is 0 Å². The van der Waals surface area contributed by atoms with Gasteiger partial charge >= 0.3 is 0 Å². The summed E-state index contributed by atoms with van der Waals surface area (Å²) >= 11 is 6.25. The lowest BCUT2D eigenvalue weighted by Gasteiger charge is -2.27. The Morgan fingerprint density at radius 3 is 3.03 bits per heavy atom. The van der Waals surface area contributed by atoms with Crippen LogP contribution in [-0.2, 0) is 13.5 Å². The van der Waals surface area contributed by atoms with Crippen molar-refractivity contribution < 1.29 is 9.53 Å². The summed E-state index contributed by atoms with van der Waals surface area (Å²) in [6.45, 7) is 1.41. The summed E-state index contributed by atoms with van der Waals surface area (Å²) < 4.78 is 8.02. The van der Waals surface area contributed by atoms with E-state index >= 15 is 0 Å². The van der Waals surface area contributed by atoms with E-state index < -0.39 is 0 Å². The highest BCUT2D eigenvalue weighted by Crippen LogP contribution is 2.34. The van der Waals surface area contributed by atoms with Gasteiger partial charge in [-0.3, -0.25) is 9.48 Å². The molecule has 4 aromatic rings. The highest BCUT2D eigenvalue weighted by molar-refractivity contribution is 6.32. The smallest absolute Gasteiger partial charge is 0.189 e. The van der Waals surface area contributed by atoms with E-state index in [-0.39, 0.29) is 11.8 Å². The summed E-state index contributed by atoms with van der Waals surface area (Å²) in [5, 5.41) is 4.70. The van der Waals surface area contributed by atoms with E-state index in [1.165, 1.54) is 0 Å². The van der Waals surface area contributed by atoms with Crippen molar-refractivity contribution in [1.29, 1.82) is 0 Å². The van der Waals surface area contributed by atoms with E-state index in [1.54, 1.807) is 23.5 Å². The maximum Gasteiger partial charge on any atom is 0.189 e. The van der Waals surface area contributed by atoms with Crippen LogP contribution in [0.5, 0.6) is 5.75 Å². The molecule has 1 aromatic carbocycles. The summed E-state index contributed by atoms with van der Waals surface area (Å²) in [5.41, 5.74) is 4.63. The second-order valence-electron chi connectivity index (χ2n) is 8.88. The molecule has 1 atom stereocenters. The first kappa shape index (κ1) is 21.8. The Balaban J connectivity index is 1.22. The number of imidazole rings is 1. The second kappa shape index (κ2) is 8.81. The molecule has 2 aliphatic rings. The molecule has 1 saturated heterocycles. The fourth-order valence-corrected chi connectivity index (χ4v) is 5.27. The SMILES string of the molecule is Cn1ncc(Cl)c1C=C1CCc2c(OC[C@H]3CCCN3c3ncnc4nc[nH]c34)cccc2C1=O. The van der Waals surface area contributed by atoms with Crippen molar-refractivity contribution in [2.45, 2.75) is 31.7 Å². The zero-order chi connectivity index (χ0) is 23.9. The lowest BCUT2D eigenvalue weighted by molar-refractivity contribution is 0.102. The van der Waals surface area contributed by atoms with Gasteiger partial charge < -0.3 is 14.6 Å². The Morgan fingerprint density at radius 2 is 2.17 bits per heavy atom. The molecule has 178 valence electrons. The van der Waals surface area contributed by atoms with Gasteiger partial charge in [-0.1, -0.05) is 23.7 Å². The molecule has 9 nitrogen and oxygen atoms in total. The first-order valence-electron chi connectivity index (χ1n) is 11.7. The molecule has 0 spiro atoms. The molecule has 1 fully saturated rings. The predicted molar refractivity (Wildman–Crippen MR) is 133 cm³/mol. The minimum atomic E-state index is 0.0130. The number of benzene rings is 1. The third kappa shape index (κ3) is 3.85. The molecule has 4 heterocycles. The number of anilines is 1. The number of rotatable bonds is 5. The Morgan fingerprint density at radius 1 is 1.26 bits per heavy atom. The lowest BCUT2D eigenvalue weighted by atomic mass is 9.86. The number of ether oxygens (including phenoxy) is 1. The Hall–Kier alpha value is -3.72. The molecular formula is C25H24ClN7O2. The zero-order valence-electron chi connectivity index (χ0n) is 19.2. The second-order valence-corrected chi connectivity index (χ2v) is 9.29. The number of nitrogens with zero attached hydrogens (tertiary/aromatic N) is 6. The van der Waals surface area contributed by atoms with Crippen LogP contribution < -0.4 is 9.64 Å². The van der Waals surface area contributed by atoms with Crippen molar-refractivity contribution in [3.8, 4) is 5.75 Å². The molecule has 1 aliphatic carbocycles. The highest BCUT2D eigenvalue weighted by Gasteiger charge is 2.30. The zero-order valence-corrected chi connectivity index (χ0v) is 20.0. The molecular weight excluding hydrogens is 466 g/mol. The molecule has 0 radical (unpaired) electrons. The number of carbonyl (C=O) groups is 1. The molecule has 1 aliphatic heterocycles. The van der Waals surface area contributed by atoms with Crippen molar-refractivity contribution in [2.24, 2.45) is 7.05 Å². The monoisotopic (exact) mass is 489 g/mol. The number of aromatic nitrogens is 6. The van der Waals surface area contributed by atoms with Gasteiger partial charge in [0.05, 0.1) is 29.3 Å². The van der Waals surface area contributed by atoms with Gasteiger partial charge in [0, 0.05) is 30.3 Å². The number of H-pyrrole nitrogens is 1. The third-order valence-electron chi connectivity index (χ3n) is 6.85. The van der Waals surface area contributed by atoms with Gasteiger partial charge in [0.25, 0.3) is 0 Å². The van der Waals surface area contributed by atoms with Crippen LogP contribution in [0.15, 0.2) is 42.6 Å². The standard InChI is InChI=1S/C25H24ClN7O2/c1-32-20(19(26)11-31-32)10-15-7-8-17-18(23(15)34)5-2-6-21(17)35-12-16-4-3-9-33(16)25-22-24(28-13-27-22)29-14-30-25/h2,5-6,10-11,13-14,16H,3-4,7-9,12H2,1H3,(H,27,28,29,30)/t16-/m1/s1. The normalized spacial score (nSPS) is 19.0. The van der Waals surface area contributed by atoms with E-state index in [4.69, 9.17) is 16.3 Å². The van der Waals surface area contributed by atoms with Crippen LogP contribution in [0.1, 0.15) is 40.9 Å². The predicted octanol–water partition coefficient (Wildman–Crippen LogP) is 4.00. The Bertz CT molecular complexity index is 1440. The van der Waals surface area contributed by atoms with E-state index in [1.807, 2.05) is 31.3 Å². The van der Waals surface area contributed by atoms with Crippen LogP contribution in [0, 0.1) is 0 Å². The molecule has 0 unspecified atom stereocenters. The van der Waals surface area contributed by atoms with E-state index in [0.29, 0.717) is 29.3 Å². The molecule has 35 heavy (non-hydrogen) atoms. The number of nitrogens with one attached hydrogen (secondary N) is 1. The largest absolute Gasteiger partial charge is 0.491 e. The topological polar surface area (TPSA) is 102 Å². The van der Waals surface area contributed by atoms with Gasteiger partial charge in [0.1, 0.15) is 24.2 Å². The number of aromatic amines is 1. The minimum absolute atomic E-state index is 0.0130. The Labute approximate surface area is 206 Å². The maximum atomic E-state index is 13.3. The number of allylic oxidation sites excluding steroid dienone is 1. The summed E-state index contributed by atoms with van der Waals surface area (Å²) in [4.78, 5) is 31.7. The van der Waals surface area contributed by atoms with Gasteiger partial charge in [-0.25, -0.2) is 15.0 Å². The van der Waals surface area contributed by atoms with Crippen molar-refractivity contribution in [3.63, 3.8) is 0 Å². The number of hydrogen-bond acceptors (Lipinski definition) is 7. The number of Topliss-reactive ketones (excluding diaryl/α,β-unsaturated/α-hetero) is 1. The summed E-state index contributed by atoms with van der Waals surface area (Å²) in [5.74, 6) is 1.64. The van der Waals surface area contributed by atoms with Crippen molar-refractivity contribution >= 4 is 40.4 Å². The average Bonchev–Trinajstić information content (AvgIpc) is 3.61. The number of fused-ring (bicyclic) bond motifs is 2. The number of halogens is 1. The van der Waals surface area contributed by atoms with E-state index in [0.717, 1.165) is 59.7 Å². The quantitative estimate of drug-likeness (QED) is 0.423. The van der Waals surface area contributed by atoms with Gasteiger partial charge in [0.15, 0.2) is 17.2 Å². The van der Waals surface area contributed by atoms with Crippen molar-refractivity contribution in [2.75, 3.05) is 18.1 Å². The fraction of sp³-hybridized carbons (Fsp3) is 0.320. The first-order chi connectivity index (χ1) is 17.1. The number of hydrogen-bond donors (Lipinski definition) is 1. The first-order valence-corrected chi connectivity index (χ1v) is 12.1. The maximum absolute atomic E-state index is 13.3. The van der Waals surface area contributed by atoms with Crippen LogP contribution in [0.2, 0.25) is 5.02 Å². The molecule has 6 rings (SSSR count). The number of carbonyl (C=O) groups excluding carboxylic acids is 1. The molecule has 1 N–H and O–H groups in total. The molecule has 0 amide bonds. The van der Waals surface area contributed by atoms with Crippen molar-refractivity contribution in [3.05, 3.63) is 64.5 Å². The average molecular weight is 490 g/mol. The van der Waals surface area contributed by atoms with Gasteiger partial charge in [-0.15, -0.1) is 0 Å². The van der Waals surface area contributed by atoms with Crippen LogP contribution in [0.25, 0.3) is 17.2 Å². The molecule has 0 bridgehead atoms. The highest BCUT2D eigenvalue weighted by atomic mass is 35.5. The summed E-state index contributed by atoms with van der Waals surface area (Å²) in [6.07, 6.45) is 10.1. The van der Waals surface area contributed by atoms with Gasteiger partial charge in [0.2, 0.25) is 0 Å². The molecule has 0 saturated carbocycles. The van der Waals surface area contributed by atoms with Crippen LogP contribution >= 0.6 is 11.6 Å². The molecule has 3 aromatic heterocycles. The van der Waals surface area contributed by atoms with Crippen molar-refractivity contribution in [1.82, 2.24) is 29.7 Å². The van der Waals surface area contributed by atoms with E-state index in [9.17, 15) is 4.79 Å². The van der Waals surface area contributed by atoms with Crippen LogP contribution in [0.4, 0.5) is 5.82 Å². The molecule has 10 heteroatoms. The lowest BCUT2D eigenvalue weighted by Crippen LogP contribution is -2.35. The van der Waals surface area contributed by atoms with Crippen LogP contribution in [-0.4, -0.2) is 54.7 Å². The summed E-state index contributed by atoms with van der Waals surface area (Å²) in [7, 11) is 1.82. The number of aryl methyl sites for hydroxylation is 1. The van der Waals surface area contributed by atoms with Gasteiger partial charge in [-0.2, -0.15) is 5.10 Å².